The fourth-order valence-corrected chi connectivity index (χ4v) is 7.68. The molecule has 1 atom stereocenters. The molecule has 0 radical (unpaired) electrons. The van der Waals surface area contributed by atoms with Gasteiger partial charge in [-0.25, -0.2) is 13.8 Å². The van der Waals surface area contributed by atoms with Crippen LogP contribution in [-0.2, 0) is 9.59 Å². The van der Waals surface area contributed by atoms with Crippen LogP contribution < -0.4 is 15.5 Å². The lowest BCUT2D eigenvalue weighted by Crippen LogP contribution is -2.49. The normalized spacial score (nSPS) is 16.6. The summed E-state index contributed by atoms with van der Waals surface area (Å²) in [4.78, 5) is 35.2. The third-order valence-corrected chi connectivity index (χ3v) is 10.7. The molecule has 2 amide bonds. The highest BCUT2D eigenvalue weighted by Crippen LogP contribution is 2.31. The first kappa shape index (κ1) is 36.2. The molecule has 0 aliphatic carbocycles. The topological polar surface area (TPSA) is 103 Å². The molecule has 0 saturated carbocycles. The predicted molar refractivity (Wildman–Crippen MR) is 202 cm³/mol. The van der Waals surface area contributed by atoms with Crippen LogP contribution in [0.15, 0.2) is 73.3 Å². The fraction of sp³-hybridized carbons (Fsp3) is 0.400. The van der Waals surface area contributed by atoms with Gasteiger partial charge in [-0.15, -0.1) is 0 Å². The molecular formula is C40H47F2N9O2. The summed E-state index contributed by atoms with van der Waals surface area (Å²) in [7, 11) is 0. The number of hydrogen-bond donors (Lipinski definition) is 2. The van der Waals surface area contributed by atoms with E-state index in [4.69, 9.17) is 5.10 Å². The number of amides is 2. The molecule has 2 aliphatic rings. The van der Waals surface area contributed by atoms with E-state index in [1.807, 2.05) is 48.0 Å². The number of rotatable bonds is 13. The Hall–Kier alpha value is -5.14. The van der Waals surface area contributed by atoms with Crippen LogP contribution in [0.25, 0.3) is 16.9 Å². The molecular weight excluding hydrogens is 676 g/mol. The molecule has 2 N–H and O–H groups in total. The third-order valence-electron chi connectivity index (χ3n) is 10.7. The highest BCUT2D eigenvalue weighted by molar-refractivity contribution is 5.91. The second-order valence-electron chi connectivity index (χ2n) is 14.1. The first-order valence-electron chi connectivity index (χ1n) is 18.6. The second kappa shape index (κ2) is 16.3. The van der Waals surface area contributed by atoms with Gasteiger partial charge in [-0.2, -0.15) is 5.10 Å². The highest BCUT2D eigenvalue weighted by atomic mass is 19.1. The van der Waals surface area contributed by atoms with E-state index in [0.29, 0.717) is 41.3 Å². The molecule has 2 saturated heterocycles. The quantitative estimate of drug-likeness (QED) is 0.140. The molecule has 13 heteroatoms. The molecule has 0 bridgehead atoms. The molecule has 7 rings (SSSR count). The van der Waals surface area contributed by atoms with Crippen LogP contribution in [0.5, 0.6) is 0 Å². The maximum absolute atomic E-state index is 14.7. The number of imide groups is 1. The highest BCUT2D eigenvalue weighted by Gasteiger charge is 2.24. The summed E-state index contributed by atoms with van der Waals surface area (Å²) in [6, 6.07) is 14.7. The van der Waals surface area contributed by atoms with Gasteiger partial charge in [0.05, 0.1) is 35.2 Å². The van der Waals surface area contributed by atoms with E-state index in [1.165, 1.54) is 11.8 Å². The molecule has 5 aromatic rings. The number of carbonyl (C=O) groups is 2. The van der Waals surface area contributed by atoms with Crippen LogP contribution in [0.2, 0.25) is 0 Å². The maximum Gasteiger partial charge on any atom is 0.233 e. The minimum atomic E-state index is -0.613. The molecule has 278 valence electrons. The molecule has 2 aliphatic heterocycles. The Bertz CT molecular complexity index is 2030. The number of hydrogen-bond acceptors (Lipinski definition) is 8. The van der Waals surface area contributed by atoms with Gasteiger partial charge in [0.2, 0.25) is 12.3 Å². The number of imidazole rings is 1. The monoisotopic (exact) mass is 723 g/mol. The number of halogens is 2. The average molecular weight is 724 g/mol. The Morgan fingerprint density at radius 2 is 1.70 bits per heavy atom. The van der Waals surface area contributed by atoms with Crippen LogP contribution in [0.1, 0.15) is 55.7 Å². The summed E-state index contributed by atoms with van der Waals surface area (Å²) < 4.78 is 32.5. The summed E-state index contributed by atoms with van der Waals surface area (Å²) in [5, 5.41) is 10.4. The van der Waals surface area contributed by atoms with Gasteiger partial charge in [0.15, 0.2) is 5.65 Å². The van der Waals surface area contributed by atoms with Gasteiger partial charge in [-0.1, -0.05) is 25.5 Å². The number of fused-ring (bicyclic) bond motifs is 1. The minimum Gasteiger partial charge on any atom is -0.369 e. The summed E-state index contributed by atoms with van der Waals surface area (Å²) in [5.41, 5.74) is 5.67. The Morgan fingerprint density at radius 1 is 0.962 bits per heavy atom. The van der Waals surface area contributed by atoms with E-state index >= 15 is 0 Å². The van der Waals surface area contributed by atoms with Crippen LogP contribution in [0, 0.1) is 18.6 Å². The van der Waals surface area contributed by atoms with Crippen molar-refractivity contribution in [3.63, 3.8) is 0 Å². The average Bonchev–Trinajstić information content (AvgIpc) is 3.87. The largest absolute Gasteiger partial charge is 0.369 e. The van der Waals surface area contributed by atoms with E-state index in [1.54, 1.807) is 19.3 Å². The molecule has 3 aromatic heterocycles. The van der Waals surface area contributed by atoms with Gasteiger partial charge in [-0.3, -0.25) is 28.9 Å². The Morgan fingerprint density at radius 3 is 2.42 bits per heavy atom. The molecule has 1 unspecified atom stereocenters. The van der Waals surface area contributed by atoms with E-state index < -0.39 is 11.6 Å². The number of benzene rings is 2. The lowest BCUT2D eigenvalue weighted by Gasteiger charge is -2.38. The number of aromatic nitrogens is 4. The van der Waals surface area contributed by atoms with Gasteiger partial charge in [0, 0.05) is 88.3 Å². The molecule has 11 nitrogen and oxygen atoms in total. The number of carbonyl (C=O) groups excluding carboxylic acids is 2. The van der Waals surface area contributed by atoms with Crippen molar-refractivity contribution in [2.75, 3.05) is 62.6 Å². The molecule has 2 fully saturated rings. The summed E-state index contributed by atoms with van der Waals surface area (Å²) in [5.74, 6) is -1.73. The van der Waals surface area contributed by atoms with Crippen LogP contribution >= 0.6 is 0 Å². The second-order valence-corrected chi connectivity index (χ2v) is 14.1. The zero-order chi connectivity index (χ0) is 36.9. The van der Waals surface area contributed by atoms with Crippen molar-refractivity contribution in [1.29, 1.82) is 0 Å². The van der Waals surface area contributed by atoms with Gasteiger partial charge >= 0.3 is 0 Å². The van der Waals surface area contributed by atoms with Crippen LogP contribution in [0.4, 0.5) is 25.8 Å². The summed E-state index contributed by atoms with van der Waals surface area (Å²) in [6.45, 7) is 11.8. The SMILES string of the molecule is CCCC(C(=O)NC=O)c1ccc(N2CCN(CCN3CCC(n4cc(Nc5ccc(-c6cc(C)c(F)cc6F)n6ccnc56)cn4)CC3)CC2)cc1. The lowest BCUT2D eigenvalue weighted by atomic mass is 9.93. The Balaban J connectivity index is 0.870. The van der Waals surface area contributed by atoms with E-state index in [2.05, 4.69) is 47.1 Å². The number of pyridine rings is 1. The molecule has 5 heterocycles. The zero-order valence-electron chi connectivity index (χ0n) is 30.3. The predicted octanol–water partition coefficient (Wildman–Crippen LogP) is 6.14. The number of nitrogens with one attached hydrogen (secondary N) is 2. The smallest absolute Gasteiger partial charge is 0.233 e. The summed E-state index contributed by atoms with van der Waals surface area (Å²) >= 11 is 0. The van der Waals surface area contributed by atoms with E-state index in [-0.39, 0.29) is 11.8 Å². The summed E-state index contributed by atoms with van der Waals surface area (Å²) in [6.07, 6.45) is 11.4. The minimum absolute atomic E-state index is 0.243. The van der Waals surface area contributed by atoms with Crippen molar-refractivity contribution < 1.29 is 18.4 Å². The maximum atomic E-state index is 14.7. The zero-order valence-corrected chi connectivity index (χ0v) is 30.3. The van der Waals surface area contributed by atoms with Gasteiger partial charge in [0.1, 0.15) is 11.6 Å². The van der Waals surface area contributed by atoms with Crippen molar-refractivity contribution in [3.05, 3.63) is 96.1 Å². The number of piperidine rings is 1. The van der Waals surface area contributed by atoms with Crippen molar-refractivity contribution in [3.8, 4) is 11.3 Å². The van der Waals surface area contributed by atoms with E-state index in [0.717, 1.165) is 94.6 Å². The third kappa shape index (κ3) is 8.11. The molecule has 2 aromatic carbocycles. The number of piperazine rings is 1. The Labute approximate surface area is 308 Å². The van der Waals surface area contributed by atoms with Crippen molar-refractivity contribution in [2.45, 2.75) is 51.5 Å². The lowest BCUT2D eigenvalue weighted by molar-refractivity contribution is -0.126. The number of aryl methyl sites for hydroxylation is 1. The van der Waals surface area contributed by atoms with Crippen molar-refractivity contribution in [2.24, 2.45) is 0 Å². The van der Waals surface area contributed by atoms with Gasteiger partial charge in [-0.05, 0) is 67.6 Å². The van der Waals surface area contributed by atoms with Crippen LogP contribution in [-0.4, -0.2) is 93.6 Å². The standard InChI is InChI=1S/C40H47F2N9O2/c1-3-4-33(40(53)44-27-52)29-5-7-31(8-6-29)49-21-19-48(20-22-49)18-17-47-14-11-32(12-15-47)51-26-30(25-45-51)46-37-9-10-38(50-16-13-43-39(37)50)34-23-28(2)35(41)24-36(34)42/h5-10,13,16,23-27,32-33,46H,3-4,11-12,14-15,17-22H2,1-2H3,(H,44,52,53). The van der Waals surface area contributed by atoms with Gasteiger partial charge < -0.3 is 15.1 Å². The first-order chi connectivity index (χ1) is 25.8. The van der Waals surface area contributed by atoms with Crippen molar-refractivity contribution >= 4 is 35.0 Å². The van der Waals surface area contributed by atoms with E-state index in [9.17, 15) is 18.4 Å². The van der Waals surface area contributed by atoms with Crippen LogP contribution in [0.3, 0.4) is 0 Å². The fourth-order valence-electron chi connectivity index (χ4n) is 7.68. The first-order valence-corrected chi connectivity index (χ1v) is 18.6. The number of anilines is 3. The Kier molecular flexibility index (Phi) is 11.1. The number of likely N-dealkylation sites (tertiary alicyclic amines) is 1. The van der Waals surface area contributed by atoms with Gasteiger partial charge in [0.25, 0.3) is 0 Å². The van der Waals surface area contributed by atoms with Crippen molar-refractivity contribution in [1.82, 2.24) is 34.3 Å². The molecule has 53 heavy (non-hydrogen) atoms. The number of nitrogens with zero attached hydrogens (tertiary/aromatic N) is 7. The molecule has 0 spiro atoms.